The number of nitriles is 1. The molecule has 0 bridgehead atoms. The van der Waals surface area contributed by atoms with Crippen molar-refractivity contribution < 1.29 is 0 Å². The van der Waals surface area contributed by atoms with Gasteiger partial charge < -0.3 is 5.32 Å². The third-order valence-corrected chi connectivity index (χ3v) is 5.97. The van der Waals surface area contributed by atoms with E-state index in [4.69, 9.17) is 10.2 Å². The number of aryl methyl sites for hydroxylation is 1. The zero-order chi connectivity index (χ0) is 24.9. The van der Waals surface area contributed by atoms with Crippen molar-refractivity contribution in [1.82, 2.24) is 14.5 Å². The Balaban J connectivity index is 1.55. The largest absolute Gasteiger partial charge is 0.381 e. The highest BCUT2D eigenvalue weighted by molar-refractivity contribution is 5.80. The first kappa shape index (κ1) is 22.8. The lowest BCUT2D eigenvalue weighted by Crippen LogP contribution is -2.22. The van der Waals surface area contributed by atoms with Gasteiger partial charge in [0, 0.05) is 24.1 Å². The molecule has 174 valence electrons. The van der Waals surface area contributed by atoms with Crippen LogP contribution in [-0.2, 0) is 6.54 Å². The molecule has 0 radical (unpaired) electrons. The van der Waals surface area contributed by atoms with Gasteiger partial charge in [0.05, 0.1) is 28.2 Å². The molecule has 0 aliphatic carbocycles. The molecule has 6 nitrogen and oxygen atoms in total. The molecule has 0 saturated carbocycles. The number of fused-ring (bicyclic) bond motifs is 1. The van der Waals surface area contributed by atoms with Gasteiger partial charge in [-0.1, -0.05) is 42.5 Å². The summed E-state index contributed by atoms with van der Waals surface area (Å²) in [7, 11) is 0. The average molecular weight is 470 g/mol. The van der Waals surface area contributed by atoms with Gasteiger partial charge in [0.1, 0.15) is 5.82 Å². The van der Waals surface area contributed by atoms with Crippen molar-refractivity contribution in [3.05, 3.63) is 130 Å². The smallest absolute Gasteiger partial charge is 0.266 e. The van der Waals surface area contributed by atoms with Crippen molar-refractivity contribution in [3.8, 4) is 11.8 Å². The fraction of sp³-hybridized carbons (Fsp3) is 0.0667. The third-order valence-electron chi connectivity index (χ3n) is 5.97. The van der Waals surface area contributed by atoms with E-state index in [-0.39, 0.29) is 5.56 Å². The predicted molar refractivity (Wildman–Crippen MR) is 144 cm³/mol. The molecule has 2 aromatic heterocycles. The molecule has 1 N–H and O–H groups in total. The first-order chi connectivity index (χ1) is 17.6. The molecule has 0 amide bonds. The molecule has 2 heterocycles. The Morgan fingerprint density at radius 1 is 0.972 bits per heavy atom. The van der Waals surface area contributed by atoms with Gasteiger partial charge in [-0.2, -0.15) is 5.26 Å². The fourth-order valence-electron chi connectivity index (χ4n) is 4.01. The molecule has 6 heteroatoms. The number of rotatable bonds is 6. The lowest BCUT2D eigenvalue weighted by molar-refractivity contribution is 0.943. The van der Waals surface area contributed by atoms with Crippen LogP contribution in [0.15, 0.2) is 95.9 Å². The van der Waals surface area contributed by atoms with Gasteiger partial charge in [-0.3, -0.25) is 14.3 Å². The second-order valence-electron chi connectivity index (χ2n) is 8.35. The van der Waals surface area contributed by atoms with Crippen molar-refractivity contribution in [2.45, 2.75) is 13.5 Å². The minimum Gasteiger partial charge on any atom is -0.381 e. The van der Waals surface area contributed by atoms with E-state index >= 15 is 0 Å². The normalized spacial score (nSPS) is 11.0. The monoisotopic (exact) mass is 469 g/mol. The molecule has 36 heavy (non-hydrogen) atoms. The Hall–Kier alpha value is -5.02. The topological polar surface area (TPSA) is 83.6 Å². The van der Waals surface area contributed by atoms with Crippen molar-refractivity contribution >= 4 is 28.7 Å². The van der Waals surface area contributed by atoms with Crippen LogP contribution in [0.25, 0.3) is 28.7 Å². The first-order valence-electron chi connectivity index (χ1n) is 11.6. The number of nitrogens with one attached hydrogen (secondary N) is 1. The molecular formula is C30H23N5O. The standard InChI is InChI=1S/C30H23N5O/c1-21-24(6-5-17-32-21)20-33-25-7-4-8-26(18-25)35-29(16-15-22-11-13-23(19-31)14-12-22)34-28-10-3-2-9-27(28)30(35)36/h2-18,33H,20H2,1H3/b16-15+. The molecule has 0 saturated heterocycles. The summed E-state index contributed by atoms with van der Waals surface area (Å²) in [4.78, 5) is 22.7. The second-order valence-corrected chi connectivity index (χ2v) is 8.35. The van der Waals surface area contributed by atoms with Crippen LogP contribution in [0.1, 0.15) is 28.2 Å². The predicted octanol–water partition coefficient (Wildman–Crippen LogP) is 5.74. The zero-order valence-corrected chi connectivity index (χ0v) is 19.7. The van der Waals surface area contributed by atoms with Crippen LogP contribution < -0.4 is 10.9 Å². The molecule has 0 spiro atoms. The summed E-state index contributed by atoms with van der Waals surface area (Å²) >= 11 is 0. The van der Waals surface area contributed by atoms with Gasteiger partial charge >= 0.3 is 0 Å². The van der Waals surface area contributed by atoms with Crippen LogP contribution in [0.2, 0.25) is 0 Å². The van der Waals surface area contributed by atoms with Gasteiger partial charge in [0.25, 0.3) is 5.56 Å². The molecule has 0 aliphatic heterocycles. The Kier molecular flexibility index (Phi) is 6.37. The minimum atomic E-state index is -0.139. The van der Waals surface area contributed by atoms with Crippen LogP contribution in [0.3, 0.4) is 0 Å². The highest BCUT2D eigenvalue weighted by Crippen LogP contribution is 2.19. The molecule has 3 aromatic carbocycles. The van der Waals surface area contributed by atoms with Gasteiger partial charge in [0.2, 0.25) is 0 Å². The number of para-hydroxylation sites is 1. The summed E-state index contributed by atoms with van der Waals surface area (Å²) in [5, 5.41) is 13.0. The Bertz CT molecular complexity index is 1680. The molecule has 5 aromatic rings. The van der Waals surface area contributed by atoms with Gasteiger partial charge in [-0.25, -0.2) is 4.98 Å². The highest BCUT2D eigenvalue weighted by atomic mass is 16.1. The second kappa shape index (κ2) is 10.1. The molecule has 0 aliphatic rings. The lowest BCUT2D eigenvalue weighted by atomic mass is 10.1. The first-order valence-corrected chi connectivity index (χ1v) is 11.6. The van der Waals surface area contributed by atoms with E-state index in [2.05, 4.69) is 16.4 Å². The maximum Gasteiger partial charge on any atom is 0.266 e. The lowest BCUT2D eigenvalue weighted by Gasteiger charge is -2.14. The maximum atomic E-state index is 13.6. The summed E-state index contributed by atoms with van der Waals surface area (Å²) in [5.74, 6) is 0.517. The SMILES string of the molecule is Cc1ncccc1CNc1cccc(-n2c(/C=C/c3ccc(C#N)cc3)nc3ccccc3c2=O)c1. The number of benzene rings is 3. The highest BCUT2D eigenvalue weighted by Gasteiger charge is 2.12. The van der Waals surface area contributed by atoms with Crippen molar-refractivity contribution in [2.75, 3.05) is 5.32 Å². The van der Waals surface area contributed by atoms with Crippen molar-refractivity contribution in [1.29, 1.82) is 5.26 Å². The molecule has 0 atom stereocenters. The molecule has 5 rings (SSSR count). The number of anilines is 1. The van der Waals surface area contributed by atoms with Crippen molar-refractivity contribution in [2.24, 2.45) is 0 Å². The van der Waals surface area contributed by atoms with Crippen LogP contribution in [-0.4, -0.2) is 14.5 Å². The third kappa shape index (κ3) is 4.77. The Morgan fingerprint density at radius 3 is 2.61 bits per heavy atom. The maximum absolute atomic E-state index is 13.6. The summed E-state index contributed by atoms with van der Waals surface area (Å²) in [5.41, 5.74) is 5.69. The Morgan fingerprint density at radius 2 is 1.81 bits per heavy atom. The fourth-order valence-corrected chi connectivity index (χ4v) is 4.01. The summed E-state index contributed by atoms with van der Waals surface area (Å²) < 4.78 is 1.63. The minimum absolute atomic E-state index is 0.139. The van der Waals surface area contributed by atoms with E-state index in [1.807, 2.05) is 85.8 Å². The zero-order valence-electron chi connectivity index (χ0n) is 19.7. The number of aromatic nitrogens is 3. The summed E-state index contributed by atoms with van der Waals surface area (Å²) in [6, 6.07) is 28.4. The average Bonchev–Trinajstić information content (AvgIpc) is 2.92. The van der Waals surface area contributed by atoms with E-state index in [0.29, 0.717) is 34.5 Å². The number of hydrogen-bond donors (Lipinski definition) is 1. The van der Waals surface area contributed by atoms with E-state index in [1.54, 1.807) is 29.0 Å². The number of hydrogen-bond acceptors (Lipinski definition) is 5. The quantitative estimate of drug-likeness (QED) is 0.343. The van der Waals surface area contributed by atoms with Crippen LogP contribution >= 0.6 is 0 Å². The van der Waals surface area contributed by atoms with Gasteiger partial charge in [-0.05, 0) is 72.7 Å². The van der Waals surface area contributed by atoms with Crippen LogP contribution in [0.4, 0.5) is 5.69 Å². The summed E-state index contributed by atoms with van der Waals surface area (Å²) in [6.45, 7) is 2.61. The Labute approximate surface area is 208 Å². The number of nitrogens with zero attached hydrogens (tertiary/aromatic N) is 4. The summed E-state index contributed by atoms with van der Waals surface area (Å²) in [6.07, 6.45) is 5.50. The molecule has 0 unspecified atom stereocenters. The van der Waals surface area contributed by atoms with E-state index < -0.39 is 0 Å². The van der Waals surface area contributed by atoms with Gasteiger partial charge in [-0.15, -0.1) is 0 Å². The number of pyridine rings is 1. The molecular weight excluding hydrogens is 446 g/mol. The van der Waals surface area contributed by atoms with E-state index in [1.165, 1.54) is 0 Å². The molecule has 0 fully saturated rings. The van der Waals surface area contributed by atoms with Gasteiger partial charge in [0.15, 0.2) is 0 Å². The van der Waals surface area contributed by atoms with Crippen LogP contribution in [0, 0.1) is 18.3 Å². The van der Waals surface area contributed by atoms with E-state index in [0.717, 1.165) is 22.5 Å². The van der Waals surface area contributed by atoms with Crippen molar-refractivity contribution in [3.63, 3.8) is 0 Å². The van der Waals surface area contributed by atoms with E-state index in [9.17, 15) is 4.79 Å². The van der Waals surface area contributed by atoms with Crippen LogP contribution in [0.5, 0.6) is 0 Å².